The molecule has 0 aliphatic heterocycles. The fraction of sp³-hybridized carbons (Fsp3) is 0.364. The normalized spacial score (nSPS) is 11.6. The number of rotatable bonds is 11. The Kier molecular flexibility index (Phi) is 9.18. The Morgan fingerprint density at radius 1 is 0.714 bits per heavy atom. The zero-order valence-corrected chi connectivity index (χ0v) is 16.7. The summed E-state index contributed by atoms with van der Waals surface area (Å²) in [4.78, 5) is 8.67. The van der Waals surface area contributed by atoms with E-state index < -0.39 is 0 Å². The molecule has 2 aromatic carbocycles. The van der Waals surface area contributed by atoms with Gasteiger partial charge in [-0.15, -0.1) is 0 Å². The second-order valence-electron chi connectivity index (χ2n) is 6.70. The van der Waals surface area contributed by atoms with Gasteiger partial charge in [0.2, 0.25) is 0 Å². The van der Waals surface area contributed by atoms with Crippen LogP contribution in [0.3, 0.4) is 0 Å². The molecular weight excluding hydrogens is 352 g/mol. The van der Waals surface area contributed by atoms with Crippen LogP contribution in [0.2, 0.25) is 0 Å². The molecule has 0 saturated carbocycles. The average molecular weight is 383 g/mol. The Bertz CT molecular complexity index is 736. The predicted octanol–water partition coefficient (Wildman–Crippen LogP) is 2.43. The lowest BCUT2D eigenvalue weighted by molar-refractivity contribution is 0.473. The van der Waals surface area contributed by atoms with Gasteiger partial charge >= 0.3 is 0 Å². The van der Waals surface area contributed by atoms with Gasteiger partial charge in [0.1, 0.15) is 11.5 Å². The molecule has 0 aromatic heterocycles. The minimum atomic E-state index is 0.256. The van der Waals surface area contributed by atoms with E-state index in [0.29, 0.717) is 13.1 Å². The number of hydrogen-bond acceptors (Lipinski definition) is 6. The molecule has 6 heteroatoms. The molecular formula is C22H30N4O2. The van der Waals surface area contributed by atoms with Crippen LogP contribution in [0, 0.1) is 13.8 Å². The van der Waals surface area contributed by atoms with Crippen LogP contribution >= 0.6 is 0 Å². The minimum Gasteiger partial charge on any atom is -0.507 e. The standard InChI is InChI=1S/C22H30N4O2/c1-17-3-5-21(27)19(13-17)15-25-11-9-23-7-8-24-10-12-26-16-20-14-18(2)4-6-22(20)28/h3-6,13-16,23-24,27-28H,7-12H2,1-2H3. The first-order chi connectivity index (χ1) is 13.6. The molecule has 0 radical (unpaired) electrons. The summed E-state index contributed by atoms with van der Waals surface area (Å²) >= 11 is 0. The first-order valence-electron chi connectivity index (χ1n) is 9.56. The third-order valence-corrected chi connectivity index (χ3v) is 4.14. The van der Waals surface area contributed by atoms with Crippen molar-refractivity contribution in [1.82, 2.24) is 10.6 Å². The van der Waals surface area contributed by atoms with Crippen LogP contribution in [-0.4, -0.2) is 61.9 Å². The topological polar surface area (TPSA) is 89.2 Å². The van der Waals surface area contributed by atoms with Crippen molar-refractivity contribution < 1.29 is 10.2 Å². The van der Waals surface area contributed by atoms with E-state index in [1.807, 2.05) is 38.1 Å². The first-order valence-corrected chi connectivity index (χ1v) is 9.56. The van der Waals surface area contributed by atoms with Gasteiger partial charge in [0.25, 0.3) is 0 Å². The third-order valence-electron chi connectivity index (χ3n) is 4.14. The summed E-state index contributed by atoms with van der Waals surface area (Å²) in [5.74, 6) is 0.513. The van der Waals surface area contributed by atoms with Gasteiger partial charge in [0, 0.05) is 49.7 Å². The Morgan fingerprint density at radius 3 is 1.57 bits per heavy atom. The second kappa shape index (κ2) is 11.9. The molecule has 0 aliphatic rings. The van der Waals surface area contributed by atoms with Gasteiger partial charge < -0.3 is 20.8 Å². The molecule has 4 N–H and O–H groups in total. The van der Waals surface area contributed by atoms with E-state index in [4.69, 9.17) is 0 Å². The smallest absolute Gasteiger partial charge is 0.124 e. The molecule has 0 unspecified atom stereocenters. The van der Waals surface area contributed by atoms with Crippen LogP contribution < -0.4 is 10.6 Å². The van der Waals surface area contributed by atoms with Gasteiger partial charge in [-0.2, -0.15) is 0 Å². The number of hydrogen-bond donors (Lipinski definition) is 4. The van der Waals surface area contributed by atoms with E-state index in [9.17, 15) is 10.2 Å². The maximum atomic E-state index is 9.75. The lowest BCUT2D eigenvalue weighted by Gasteiger charge is -2.04. The van der Waals surface area contributed by atoms with Crippen LogP contribution in [0.25, 0.3) is 0 Å². The van der Waals surface area contributed by atoms with E-state index in [2.05, 4.69) is 20.6 Å². The number of aromatic hydroxyl groups is 2. The molecule has 0 saturated heterocycles. The van der Waals surface area contributed by atoms with Crippen molar-refractivity contribution in [1.29, 1.82) is 0 Å². The predicted molar refractivity (Wildman–Crippen MR) is 116 cm³/mol. The summed E-state index contributed by atoms with van der Waals surface area (Å²) in [6.45, 7) is 8.59. The van der Waals surface area contributed by atoms with Gasteiger partial charge in [0.05, 0.1) is 13.1 Å². The number of nitrogens with zero attached hydrogens (tertiary/aromatic N) is 2. The van der Waals surface area contributed by atoms with Gasteiger partial charge in [-0.05, 0) is 38.1 Å². The van der Waals surface area contributed by atoms with Crippen molar-refractivity contribution in [3.05, 3.63) is 58.7 Å². The van der Waals surface area contributed by atoms with Crippen LogP contribution in [0.1, 0.15) is 22.3 Å². The molecule has 6 nitrogen and oxygen atoms in total. The molecule has 0 atom stereocenters. The maximum Gasteiger partial charge on any atom is 0.124 e. The van der Waals surface area contributed by atoms with E-state index >= 15 is 0 Å². The highest BCUT2D eigenvalue weighted by Crippen LogP contribution is 2.16. The van der Waals surface area contributed by atoms with Crippen molar-refractivity contribution in [2.75, 3.05) is 39.3 Å². The molecule has 0 fully saturated rings. The van der Waals surface area contributed by atoms with Crippen molar-refractivity contribution in [3.8, 4) is 11.5 Å². The summed E-state index contributed by atoms with van der Waals surface area (Å²) in [6, 6.07) is 11.0. The van der Waals surface area contributed by atoms with Crippen LogP contribution in [-0.2, 0) is 0 Å². The molecule has 0 aliphatic carbocycles. The highest BCUT2D eigenvalue weighted by Gasteiger charge is 1.98. The summed E-state index contributed by atoms with van der Waals surface area (Å²) in [7, 11) is 0. The monoisotopic (exact) mass is 382 g/mol. The summed E-state index contributed by atoms with van der Waals surface area (Å²) < 4.78 is 0. The molecule has 2 aromatic rings. The fourth-order valence-electron chi connectivity index (χ4n) is 2.59. The number of phenolic OH excluding ortho intramolecular Hbond substituents is 2. The number of nitrogens with one attached hydrogen (secondary N) is 2. The Balaban J connectivity index is 1.51. The summed E-state index contributed by atoms with van der Waals surface area (Å²) in [5, 5.41) is 26.1. The number of aryl methyl sites for hydroxylation is 2. The molecule has 0 heterocycles. The SMILES string of the molecule is Cc1ccc(O)c(C=NCCNCCNCCN=Cc2cc(C)ccc2O)c1. The van der Waals surface area contributed by atoms with Gasteiger partial charge in [0.15, 0.2) is 0 Å². The first kappa shape index (κ1) is 21.6. The molecule has 0 spiro atoms. The van der Waals surface area contributed by atoms with Gasteiger partial charge in [-0.1, -0.05) is 23.3 Å². The Morgan fingerprint density at radius 2 is 1.14 bits per heavy atom. The Hall–Kier alpha value is -2.70. The maximum absolute atomic E-state index is 9.75. The fourth-order valence-corrected chi connectivity index (χ4v) is 2.59. The number of phenols is 2. The minimum absolute atomic E-state index is 0.256. The van der Waals surface area contributed by atoms with Gasteiger partial charge in [-0.25, -0.2) is 0 Å². The lowest BCUT2D eigenvalue weighted by Crippen LogP contribution is -2.30. The zero-order valence-electron chi connectivity index (χ0n) is 16.7. The van der Waals surface area contributed by atoms with Crippen molar-refractivity contribution in [2.45, 2.75) is 13.8 Å². The van der Waals surface area contributed by atoms with Gasteiger partial charge in [-0.3, -0.25) is 9.98 Å². The molecule has 2 rings (SSSR count). The highest BCUT2D eigenvalue weighted by atomic mass is 16.3. The number of benzene rings is 2. The van der Waals surface area contributed by atoms with E-state index in [1.54, 1.807) is 24.6 Å². The van der Waals surface area contributed by atoms with Crippen LogP contribution in [0.5, 0.6) is 11.5 Å². The zero-order chi connectivity index (χ0) is 20.2. The van der Waals surface area contributed by atoms with E-state index in [-0.39, 0.29) is 11.5 Å². The van der Waals surface area contributed by atoms with Crippen molar-refractivity contribution in [2.24, 2.45) is 9.98 Å². The van der Waals surface area contributed by atoms with Crippen molar-refractivity contribution in [3.63, 3.8) is 0 Å². The van der Waals surface area contributed by atoms with Crippen LogP contribution in [0.15, 0.2) is 46.4 Å². The quantitative estimate of drug-likeness (QED) is 0.355. The number of aliphatic imine (C=N–C) groups is 2. The summed E-state index contributed by atoms with van der Waals surface area (Å²) in [6.07, 6.45) is 3.43. The van der Waals surface area contributed by atoms with Crippen molar-refractivity contribution >= 4 is 12.4 Å². The molecule has 0 bridgehead atoms. The largest absolute Gasteiger partial charge is 0.507 e. The van der Waals surface area contributed by atoms with E-state index in [1.165, 1.54) is 0 Å². The summed E-state index contributed by atoms with van der Waals surface area (Å²) in [5.41, 5.74) is 3.70. The lowest BCUT2D eigenvalue weighted by atomic mass is 10.1. The second-order valence-corrected chi connectivity index (χ2v) is 6.70. The average Bonchev–Trinajstić information content (AvgIpc) is 2.67. The highest BCUT2D eigenvalue weighted by molar-refractivity contribution is 5.84. The molecule has 150 valence electrons. The Labute approximate surface area is 167 Å². The molecule has 0 amide bonds. The molecule has 28 heavy (non-hydrogen) atoms. The van der Waals surface area contributed by atoms with Crippen LogP contribution in [0.4, 0.5) is 0 Å². The van der Waals surface area contributed by atoms with E-state index in [0.717, 1.165) is 48.4 Å². The third kappa shape index (κ3) is 7.90.